The van der Waals surface area contributed by atoms with Crippen LogP contribution >= 0.6 is 0 Å². The van der Waals surface area contributed by atoms with Crippen LogP contribution < -0.4 is 0 Å². The van der Waals surface area contributed by atoms with Crippen molar-refractivity contribution in [2.24, 2.45) is 0 Å². The number of hydrogen-bond donors (Lipinski definition) is 1. The van der Waals surface area contributed by atoms with E-state index >= 15 is 0 Å². The fourth-order valence-electron chi connectivity index (χ4n) is 6.81. The van der Waals surface area contributed by atoms with Crippen LogP contribution in [0.25, 0.3) is 77.2 Å². The number of rotatable bonds is 7. The van der Waals surface area contributed by atoms with E-state index in [4.69, 9.17) is 5.41 Å². The molecule has 1 N–H and O–H groups in total. The summed E-state index contributed by atoms with van der Waals surface area (Å²) in [5, 5.41) is 12.5. The van der Waals surface area contributed by atoms with E-state index in [1.807, 2.05) is 12.4 Å². The average Bonchev–Trinajstić information content (AvgIpc) is 3.48. The number of allylic oxidation sites excluding steroid dienone is 3. The van der Waals surface area contributed by atoms with Crippen LogP contribution in [0.2, 0.25) is 0 Å². The van der Waals surface area contributed by atoms with Gasteiger partial charge in [0.2, 0.25) is 0 Å². The molecule has 0 aliphatic carbocycles. The molecule has 3 heteroatoms. The highest BCUT2D eigenvalue weighted by Crippen LogP contribution is 2.43. The van der Waals surface area contributed by atoms with Crippen LogP contribution in [0.1, 0.15) is 5.56 Å². The van der Waals surface area contributed by atoms with Crippen molar-refractivity contribution in [2.45, 2.75) is 0 Å². The molecule has 0 fully saturated rings. The van der Waals surface area contributed by atoms with Crippen LogP contribution in [0.4, 0.5) is 0 Å². The molecule has 0 aliphatic heterocycles. The Morgan fingerprint density at radius 2 is 1.28 bits per heavy atom. The van der Waals surface area contributed by atoms with Gasteiger partial charge < -0.3 is 9.98 Å². The first-order chi connectivity index (χ1) is 23.2. The molecule has 8 rings (SSSR count). The van der Waals surface area contributed by atoms with Crippen molar-refractivity contribution in [1.29, 1.82) is 5.41 Å². The van der Waals surface area contributed by atoms with Crippen molar-refractivity contribution in [1.82, 2.24) is 9.55 Å². The number of benzene rings is 6. The zero-order valence-electron chi connectivity index (χ0n) is 25.8. The second-order valence-corrected chi connectivity index (χ2v) is 11.7. The molecule has 0 radical (unpaired) electrons. The van der Waals surface area contributed by atoms with E-state index in [2.05, 4.69) is 156 Å². The highest BCUT2D eigenvalue weighted by molar-refractivity contribution is 6.24. The molecule has 0 unspecified atom stereocenters. The Labute approximate surface area is 273 Å². The molecule has 47 heavy (non-hydrogen) atoms. The van der Waals surface area contributed by atoms with Gasteiger partial charge in [-0.25, -0.2) is 0 Å². The maximum atomic E-state index is 7.58. The molecular weight excluding hydrogens is 571 g/mol. The zero-order valence-corrected chi connectivity index (χ0v) is 25.8. The number of para-hydroxylation sites is 1. The maximum absolute atomic E-state index is 7.58. The summed E-state index contributed by atoms with van der Waals surface area (Å²) < 4.78 is 2.41. The third-order valence-electron chi connectivity index (χ3n) is 8.99. The topological polar surface area (TPSA) is 41.7 Å². The van der Waals surface area contributed by atoms with E-state index in [9.17, 15) is 0 Å². The highest BCUT2D eigenvalue weighted by atomic mass is 15.0. The molecule has 0 spiro atoms. The SMILES string of the molecule is C=C/C(=C\C=N)c1cccc(-c2ccc3c4c5ccccc5c(-c5cccc(-c6ccncc6)c5)cc4n(-c4ccccc4)c3c2)c1. The fourth-order valence-corrected chi connectivity index (χ4v) is 6.81. The number of aromatic nitrogens is 2. The molecule has 0 saturated heterocycles. The van der Waals surface area contributed by atoms with Gasteiger partial charge in [0.25, 0.3) is 0 Å². The maximum Gasteiger partial charge on any atom is 0.0553 e. The van der Waals surface area contributed by atoms with Gasteiger partial charge in [-0.2, -0.15) is 0 Å². The second-order valence-electron chi connectivity index (χ2n) is 11.7. The van der Waals surface area contributed by atoms with Gasteiger partial charge in [-0.1, -0.05) is 104 Å². The average molecular weight is 602 g/mol. The Balaban J connectivity index is 1.41. The lowest BCUT2D eigenvalue weighted by molar-refractivity contribution is 1.18. The number of nitrogens with one attached hydrogen (secondary N) is 1. The van der Waals surface area contributed by atoms with Crippen LogP contribution in [0.5, 0.6) is 0 Å². The normalized spacial score (nSPS) is 11.7. The van der Waals surface area contributed by atoms with E-state index in [1.54, 1.807) is 12.2 Å². The van der Waals surface area contributed by atoms with Gasteiger partial charge in [0.1, 0.15) is 0 Å². The zero-order chi connectivity index (χ0) is 31.7. The van der Waals surface area contributed by atoms with E-state index in [0.717, 1.165) is 39.0 Å². The summed E-state index contributed by atoms with van der Waals surface area (Å²) in [5.41, 5.74) is 12.3. The number of nitrogens with zero attached hydrogens (tertiary/aromatic N) is 2. The van der Waals surface area contributed by atoms with Gasteiger partial charge in [-0.05, 0) is 110 Å². The first-order valence-corrected chi connectivity index (χ1v) is 15.7. The van der Waals surface area contributed by atoms with E-state index < -0.39 is 0 Å². The number of fused-ring (bicyclic) bond motifs is 5. The molecule has 0 amide bonds. The molecule has 0 atom stereocenters. The van der Waals surface area contributed by atoms with Crippen molar-refractivity contribution in [3.8, 4) is 39.1 Å². The van der Waals surface area contributed by atoms with Crippen LogP contribution in [-0.4, -0.2) is 15.8 Å². The summed E-state index contributed by atoms with van der Waals surface area (Å²) in [6.45, 7) is 3.97. The minimum absolute atomic E-state index is 0.924. The number of hydrogen-bond acceptors (Lipinski definition) is 2. The van der Waals surface area contributed by atoms with Gasteiger partial charge in [-0.3, -0.25) is 4.98 Å². The Bertz CT molecular complexity index is 2480. The quantitative estimate of drug-likeness (QED) is 0.143. The monoisotopic (exact) mass is 601 g/mol. The summed E-state index contributed by atoms with van der Waals surface area (Å²) in [5.74, 6) is 0. The minimum Gasteiger partial charge on any atom is -0.309 e. The lowest BCUT2D eigenvalue weighted by atomic mass is 9.93. The molecule has 6 aromatic carbocycles. The smallest absolute Gasteiger partial charge is 0.0553 e. The Hall–Kier alpha value is -6.32. The predicted octanol–water partition coefficient (Wildman–Crippen LogP) is 11.6. The molecule has 222 valence electrons. The van der Waals surface area contributed by atoms with E-state index in [0.29, 0.717) is 0 Å². The highest BCUT2D eigenvalue weighted by Gasteiger charge is 2.19. The van der Waals surface area contributed by atoms with Gasteiger partial charge in [0.15, 0.2) is 0 Å². The molecule has 2 heterocycles. The van der Waals surface area contributed by atoms with Crippen LogP contribution in [0.3, 0.4) is 0 Å². The van der Waals surface area contributed by atoms with Gasteiger partial charge >= 0.3 is 0 Å². The molecule has 0 saturated carbocycles. The van der Waals surface area contributed by atoms with Gasteiger partial charge in [0.05, 0.1) is 11.0 Å². The second kappa shape index (κ2) is 11.9. The molecular formula is C44H31N3. The summed E-state index contributed by atoms with van der Waals surface area (Å²) in [7, 11) is 0. The molecule has 8 aromatic rings. The Morgan fingerprint density at radius 3 is 2.06 bits per heavy atom. The summed E-state index contributed by atoms with van der Waals surface area (Å²) in [6.07, 6.45) is 8.57. The lowest BCUT2D eigenvalue weighted by Crippen LogP contribution is -1.94. The third-order valence-corrected chi connectivity index (χ3v) is 8.99. The lowest BCUT2D eigenvalue weighted by Gasteiger charge is -2.13. The van der Waals surface area contributed by atoms with Crippen LogP contribution in [-0.2, 0) is 0 Å². The first kappa shape index (κ1) is 28.2. The van der Waals surface area contributed by atoms with Crippen molar-refractivity contribution in [3.05, 3.63) is 176 Å². The van der Waals surface area contributed by atoms with Crippen LogP contribution in [0.15, 0.2) is 171 Å². The van der Waals surface area contributed by atoms with Crippen molar-refractivity contribution < 1.29 is 0 Å². The van der Waals surface area contributed by atoms with Crippen molar-refractivity contribution in [2.75, 3.05) is 0 Å². The molecule has 3 nitrogen and oxygen atoms in total. The first-order valence-electron chi connectivity index (χ1n) is 15.7. The fraction of sp³-hybridized carbons (Fsp3) is 0. The van der Waals surface area contributed by atoms with E-state index in [-0.39, 0.29) is 0 Å². The summed E-state index contributed by atoms with van der Waals surface area (Å²) in [4.78, 5) is 4.22. The van der Waals surface area contributed by atoms with Crippen molar-refractivity contribution >= 4 is 44.4 Å². The minimum atomic E-state index is 0.924. The summed E-state index contributed by atoms with van der Waals surface area (Å²) >= 11 is 0. The Kier molecular flexibility index (Phi) is 7.12. The van der Waals surface area contributed by atoms with E-state index in [1.165, 1.54) is 50.0 Å². The largest absolute Gasteiger partial charge is 0.309 e. The standard InChI is InChI=1S/C44H31N3/c1-2-30(20-23-45)32-10-8-12-34(26-32)35-18-19-40-42(28-35)47(37-14-4-3-5-15-37)43-29-41(38-16-6-7-17-39(38)44(40)43)36-13-9-11-33(27-36)31-21-24-46-25-22-31/h2-29,45H,1H2/b30-20+,45-23?. The predicted molar refractivity (Wildman–Crippen MR) is 199 cm³/mol. The van der Waals surface area contributed by atoms with Crippen molar-refractivity contribution in [3.63, 3.8) is 0 Å². The van der Waals surface area contributed by atoms with Gasteiger partial charge in [0, 0.05) is 35.1 Å². The third kappa shape index (κ3) is 4.95. The Morgan fingerprint density at radius 1 is 0.574 bits per heavy atom. The molecule has 0 bridgehead atoms. The summed E-state index contributed by atoms with van der Waals surface area (Å²) in [6, 6.07) is 50.0. The number of pyridine rings is 1. The van der Waals surface area contributed by atoms with Gasteiger partial charge in [-0.15, -0.1) is 0 Å². The van der Waals surface area contributed by atoms with Crippen LogP contribution in [0, 0.1) is 5.41 Å². The molecule has 2 aromatic heterocycles. The molecule has 0 aliphatic rings.